The zero-order valence-corrected chi connectivity index (χ0v) is 12.0. The molecule has 0 saturated heterocycles. The van der Waals surface area contributed by atoms with Gasteiger partial charge in [-0.25, -0.2) is 0 Å². The van der Waals surface area contributed by atoms with Gasteiger partial charge < -0.3 is 5.32 Å². The molecule has 0 amide bonds. The number of nitrogens with one attached hydrogen (secondary N) is 1. The Bertz CT molecular complexity index is 356. The molecule has 100 valence electrons. The lowest BCUT2D eigenvalue weighted by Crippen LogP contribution is -2.32. The molecule has 0 spiro atoms. The standard InChI is InChI=1S/C16H24ClN/c1-2-4-13-7-9-16(10-8-13)18-12-14-5-3-6-15(17)11-14/h3,5-6,11,13,16,18H,2,4,7-10,12H2,1H3. The van der Waals surface area contributed by atoms with Gasteiger partial charge in [-0.3, -0.25) is 0 Å². The monoisotopic (exact) mass is 265 g/mol. The van der Waals surface area contributed by atoms with E-state index in [1.807, 2.05) is 12.1 Å². The number of rotatable bonds is 5. The highest BCUT2D eigenvalue weighted by Crippen LogP contribution is 2.27. The summed E-state index contributed by atoms with van der Waals surface area (Å²) in [4.78, 5) is 0. The van der Waals surface area contributed by atoms with Crippen LogP contribution in [0.1, 0.15) is 51.0 Å². The van der Waals surface area contributed by atoms with Crippen LogP contribution in [0, 0.1) is 5.92 Å². The SMILES string of the molecule is CCCC1CCC(NCc2cccc(Cl)c2)CC1. The molecule has 2 rings (SSSR count). The fourth-order valence-corrected chi connectivity index (χ4v) is 3.19. The first-order chi connectivity index (χ1) is 8.78. The maximum Gasteiger partial charge on any atom is 0.0409 e. The van der Waals surface area contributed by atoms with Gasteiger partial charge in [0.2, 0.25) is 0 Å². The van der Waals surface area contributed by atoms with E-state index < -0.39 is 0 Å². The molecule has 0 aromatic heterocycles. The van der Waals surface area contributed by atoms with Crippen LogP contribution in [0.5, 0.6) is 0 Å². The predicted octanol–water partition coefficient (Wildman–Crippen LogP) is 4.79. The van der Waals surface area contributed by atoms with Crippen LogP contribution in [-0.4, -0.2) is 6.04 Å². The quantitative estimate of drug-likeness (QED) is 0.807. The lowest BCUT2D eigenvalue weighted by Gasteiger charge is -2.29. The molecular formula is C16H24ClN. The molecule has 1 N–H and O–H groups in total. The van der Waals surface area contributed by atoms with Gasteiger partial charge in [0.25, 0.3) is 0 Å². The topological polar surface area (TPSA) is 12.0 Å². The second-order valence-electron chi connectivity index (χ2n) is 5.52. The van der Waals surface area contributed by atoms with Crippen molar-refractivity contribution in [3.05, 3.63) is 34.9 Å². The lowest BCUT2D eigenvalue weighted by atomic mass is 9.83. The molecule has 0 unspecified atom stereocenters. The predicted molar refractivity (Wildman–Crippen MR) is 78.9 cm³/mol. The highest BCUT2D eigenvalue weighted by Gasteiger charge is 2.19. The maximum atomic E-state index is 5.99. The molecule has 0 aliphatic heterocycles. The van der Waals surface area contributed by atoms with E-state index in [1.54, 1.807) is 0 Å². The molecule has 1 nitrogen and oxygen atoms in total. The Morgan fingerprint density at radius 1 is 1.22 bits per heavy atom. The van der Waals surface area contributed by atoms with Gasteiger partial charge in [-0.15, -0.1) is 0 Å². The molecule has 0 radical (unpaired) electrons. The summed E-state index contributed by atoms with van der Waals surface area (Å²) in [7, 11) is 0. The summed E-state index contributed by atoms with van der Waals surface area (Å²) < 4.78 is 0. The number of hydrogen-bond acceptors (Lipinski definition) is 1. The molecule has 0 heterocycles. The minimum Gasteiger partial charge on any atom is -0.310 e. The number of benzene rings is 1. The van der Waals surface area contributed by atoms with Crippen LogP contribution in [-0.2, 0) is 6.54 Å². The van der Waals surface area contributed by atoms with Crippen LogP contribution in [0.3, 0.4) is 0 Å². The Labute approximate surface area is 116 Å². The van der Waals surface area contributed by atoms with E-state index in [-0.39, 0.29) is 0 Å². The summed E-state index contributed by atoms with van der Waals surface area (Å²) in [5.74, 6) is 0.985. The highest BCUT2D eigenvalue weighted by atomic mass is 35.5. The first kappa shape index (κ1) is 13.9. The van der Waals surface area contributed by atoms with Crippen LogP contribution >= 0.6 is 11.6 Å². The third-order valence-corrected chi connectivity index (χ3v) is 4.26. The third kappa shape index (κ3) is 4.29. The van der Waals surface area contributed by atoms with Crippen molar-refractivity contribution in [3.63, 3.8) is 0 Å². The molecule has 1 aliphatic carbocycles. The first-order valence-corrected chi connectivity index (χ1v) is 7.63. The summed E-state index contributed by atoms with van der Waals surface area (Å²) >= 11 is 5.99. The largest absolute Gasteiger partial charge is 0.310 e. The van der Waals surface area contributed by atoms with Gasteiger partial charge in [0, 0.05) is 17.6 Å². The van der Waals surface area contributed by atoms with Gasteiger partial charge in [-0.05, 0) is 49.3 Å². The van der Waals surface area contributed by atoms with Gasteiger partial charge in [0.15, 0.2) is 0 Å². The van der Waals surface area contributed by atoms with Gasteiger partial charge in [-0.1, -0.05) is 43.5 Å². The highest BCUT2D eigenvalue weighted by molar-refractivity contribution is 6.30. The smallest absolute Gasteiger partial charge is 0.0409 e. The molecule has 0 bridgehead atoms. The van der Waals surface area contributed by atoms with E-state index in [9.17, 15) is 0 Å². The van der Waals surface area contributed by atoms with Gasteiger partial charge in [0.05, 0.1) is 0 Å². The van der Waals surface area contributed by atoms with Crippen molar-refractivity contribution < 1.29 is 0 Å². The first-order valence-electron chi connectivity index (χ1n) is 7.25. The van der Waals surface area contributed by atoms with Gasteiger partial charge in [0.1, 0.15) is 0 Å². The average molecular weight is 266 g/mol. The third-order valence-electron chi connectivity index (χ3n) is 4.03. The fraction of sp³-hybridized carbons (Fsp3) is 0.625. The van der Waals surface area contributed by atoms with Gasteiger partial charge >= 0.3 is 0 Å². The van der Waals surface area contributed by atoms with E-state index in [4.69, 9.17) is 11.6 Å². The van der Waals surface area contributed by atoms with Crippen molar-refractivity contribution in [1.29, 1.82) is 0 Å². The Hall–Kier alpha value is -0.530. The number of halogens is 1. The molecular weight excluding hydrogens is 242 g/mol. The Morgan fingerprint density at radius 3 is 2.67 bits per heavy atom. The van der Waals surface area contributed by atoms with E-state index in [2.05, 4.69) is 24.4 Å². The molecule has 0 atom stereocenters. The van der Waals surface area contributed by atoms with Crippen molar-refractivity contribution in [3.8, 4) is 0 Å². The van der Waals surface area contributed by atoms with Gasteiger partial charge in [-0.2, -0.15) is 0 Å². The molecule has 18 heavy (non-hydrogen) atoms. The minimum atomic E-state index is 0.706. The normalized spacial score (nSPS) is 24.1. The van der Waals surface area contributed by atoms with Crippen molar-refractivity contribution >= 4 is 11.6 Å². The second kappa shape index (κ2) is 7.16. The zero-order chi connectivity index (χ0) is 12.8. The summed E-state index contributed by atoms with van der Waals surface area (Å²) in [6, 6.07) is 8.86. The molecule has 2 heteroatoms. The van der Waals surface area contributed by atoms with Crippen molar-refractivity contribution in [2.75, 3.05) is 0 Å². The van der Waals surface area contributed by atoms with E-state index in [0.717, 1.165) is 17.5 Å². The Balaban J connectivity index is 1.72. The molecule has 1 saturated carbocycles. The molecule has 1 fully saturated rings. The van der Waals surface area contributed by atoms with E-state index in [1.165, 1.54) is 44.1 Å². The lowest BCUT2D eigenvalue weighted by molar-refractivity contribution is 0.277. The van der Waals surface area contributed by atoms with Crippen LogP contribution in [0.4, 0.5) is 0 Å². The Morgan fingerprint density at radius 2 is 2.00 bits per heavy atom. The number of hydrogen-bond donors (Lipinski definition) is 1. The second-order valence-corrected chi connectivity index (χ2v) is 5.95. The van der Waals surface area contributed by atoms with Crippen LogP contribution in [0.25, 0.3) is 0 Å². The van der Waals surface area contributed by atoms with Crippen LogP contribution < -0.4 is 5.32 Å². The van der Waals surface area contributed by atoms with E-state index in [0.29, 0.717) is 6.04 Å². The summed E-state index contributed by atoms with van der Waals surface area (Å²) in [5.41, 5.74) is 1.29. The Kier molecular flexibility index (Phi) is 5.52. The van der Waals surface area contributed by atoms with Crippen molar-refractivity contribution in [2.24, 2.45) is 5.92 Å². The average Bonchev–Trinajstić information content (AvgIpc) is 2.38. The summed E-state index contributed by atoms with van der Waals surface area (Å²) in [6.07, 6.45) is 8.24. The summed E-state index contributed by atoms with van der Waals surface area (Å²) in [6.45, 7) is 3.24. The van der Waals surface area contributed by atoms with Crippen molar-refractivity contribution in [2.45, 2.75) is 58.0 Å². The van der Waals surface area contributed by atoms with E-state index >= 15 is 0 Å². The zero-order valence-electron chi connectivity index (χ0n) is 11.3. The minimum absolute atomic E-state index is 0.706. The summed E-state index contributed by atoms with van der Waals surface area (Å²) in [5, 5.41) is 4.50. The molecule has 1 aliphatic rings. The maximum absolute atomic E-state index is 5.99. The molecule has 1 aromatic rings. The molecule has 1 aromatic carbocycles. The van der Waals surface area contributed by atoms with Crippen molar-refractivity contribution in [1.82, 2.24) is 5.32 Å². The van der Waals surface area contributed by atoms with Crippen LogP contribution in [0.2, 0.25) is 5.02 Å². The fourth-order valence-electron chi connectivity index (χ4n) is 2.97. The van der Waals surface area contributed by atoms with Crippen LogP contribution in [0.15, 0.2) is 24.3 Å².